The van der Waals surface area contributed by atoms with Gasteiger partial charge in [-0.1, -0.05) is 24.3 Å². The summed E-state index contributed by atoms with van der Waals surface area (Å²) in [5, 5.41) is 4.25. The molecule has 2 aliphatic heterocycles. The summed E-state index contributed by atoms with van der Waals surface area (Å²) in [6.07, 6.45) is 0. The predicted octanol–water partition coefficient (Wildman–Crippen LogP) is 6.62. The lowest BCUT2D eigenvalue weighted by Crippen LogP contribution is -2.24. The van der Waals surface area contributed by atoms with Gasteiger partial charge in [-0.3, -0.25) is 9.59 Å². The van der Waals surface area contributed by atoms with Crippen LogP contribution in [0.4, 0.5) is 11.4 Å². The van der Waals surface area contributed by atoms with E-state index in [-0.39, 0.29) is 11.8 Å². The average Bonchev–Trinajstić information content (AvgIpc) is 3.57. The number of likely N-dealkylation sites (N-methyl/N-ethyl adjacent to an activating group) is 2. The topological polar surface area (TPSA) is 40.6 Å². The molecule has 4 heterocycles. The average molecular weight is 483 g/mol. The van der Waals surface area contributed by atoms with E-state index >= 15 is 0 Å². The Kier molecular flexibility index (Phi) is 4.66. The lowest BCUT2D eigenvalue weighted by atomic mass is 9.95. The highest BCUT2D eigenvalue weighted by Gasteiger charge is 2.40. The van der Waals surface area contributed by atoms with Gasteiger partial charge in [-0.25, -0.2) is 0 Å². The van der Waals surface area contributed by atoms with E-state index in [1.54, 1.807) is 46.6 Å². The van der Waals surface area contributed by atoms with Crippen LogP contribution < -0.4 is 9.80 Å². The largest absolute Gasteiger partial charge is 0.311 e. The van der Waals surface area contributed by atoms with Crippen LogP contribution >= 0.6 is 22.7 Å². The van der Waals surface area contributed by atoms with Gasteiger partial charge >= 0.3 is 0 Å². The van der Waals surface area contributed by atoms with E-state index in [1.807, 2.05) is 24.3 Å². The predicted molar refractivity (Wildman–Crippen MR) is 143 cm³/mol. The van der Waals surface area contributed by atoms with Crippen LogP contribution in [0.2, 0.25) is 0 Å². The molecule has 0 unspecified atom stereocenters. The Balaban J connectivity index is 1.51. The van der Waals surface area contributed by atoms with Crippen molar-refractivity contribution < 1.29 is 9.59 Å². The van der Waals surface area contributed by atoms with Crippen LogP contribution in [0.5, 0.6) is 0 Å². The van der Waals surface area contributed by atoms with Gasteiger partial charge in [0.2, 0.25) is 0 Å². The molecule has 4 nitrogen and oxygen atoms in total. The quantitative estimate of drug-likeness (QED) is 0.301. The summed E-state index contributed by atoms with van der Waals surface area (Å²) in [5.41, 5.74) is 8.88. The molecule has 2 aromatic heterocycles. The Morgan fingerprint density at radius 2 is 1.03 bits per heavy atom. The summed E-state index contributed by atoms with van der Waals surface area (Å²) in [6.45, 7) is 4.16. The van der Waals surface area contributed by atoms with E-state index < -0.39 is 0 Å². The van der Waals surface area contributed by atoms with Crippen molar-refractivity contribution in [2.45, 2.75) is 13.8 Å². The zero-order valence-electron chi connectivity index (χ0n) is 19.3. The Hall–Kier alpha value is -3.48. The number of aryl methyl sites for hydroxylation is 2. The fourth-order valence-electron chi connectivity index (χ4n) is 4.78. The number of hydrogen-bond acceptors (Lipinski definition) is 4. The SMILES string of the molecule is Cc1csc(-c2ccc3c(c2)N(C)C(=O)/C3=C2/C(=O)N(C)c3cc(-c4cc(C)cs4)ccc32)c1. The van der Waals surface area contributed by atoms with Crippen LogP contribution in [0.15, 0.2) is 59.3 Å². The van der Waals surface area contributed by atoms with Crippen LogP contribution in [0, 0.1) is 13.8 Å². The molecule has 2 aliphatic rings. The minimum Gasteiger partial charge on any atom is -0.311 e. The van der Waals surface area contributed by atoms with E-state index in [0.29, 0.717) is 11.1 Å². The molecular formula is C28H22N2O2S2. The fourth-order valence-corrected chi connectivity index (χ4v) is 6.58. The second kappa shape index (κ2) is 7.52. The number of carbonyl (C=O) groups is 2. The van der Waals surface area contributed by atoms with Gasteiger partial charge in [0.05, 0.1) is 22.5 Å². The molecular weight excluding hydrogens is 460 g/mol. The summed E-state index contributed by atoms with van der Waals surface area (Å²) in [5.74, 6) is -0.283. The molecule has 0 saturated carbocycles. The molecule has 6 heteroatoms. The fraction of sp³-hybridized carbons (Fsp3) is 0.143. The smallest absolute Gasteiger partial charge is 0.259 e. The lowest BCUT2D eigenvalue weighted by molar-refractivity contribution is -0.114. The first-order valence-electron chi connectivity index (χ1n) is 11.0. The summed E-state index contributed by atoms with van der Waals surface area (Å²) in [6, 6.07) is 16.5. The number of amides is 2. The Labute approximate surface area is 206 Å². The first-order chi connectivity index (χ1) is 16.3. The molecule has 0 bridgehead atoms. The summed E-state index contributed by atoms with van der Waals surface area (Å²) < 4.78 is 0. The van der Waals surface area contributed by atoms with Gasteiger partial charge in [-0.15, -0.1) is 22.7 Å². The molecule has 168 valence electrons. The van der Waals surface area contributed by atoms with E-state index in [4.69, 9.17) is 0 Å². The van der Waals surface area contributed by atoms with E-state index in [2.05, 4.69) is 48.9 Å². The van der Waals surface area contributed by atoms with Gasteiger partial charge in [0, 0.05) is 35.0 Å². The molecule has 2 aromatic carbocycles. The minimum atomic E-state index is -0.142. The molecule has 2 amide bonds. The van der Waals surface area contributed by atoms with Crippen LogP contribution in [-0.4, -0.2) is 25.9 Å². The van der Waals surface area contributed by atoms with Gasteiger partial charge in [-0.05, 0) is 71.1 Å². The Bertz CT molecular complexity index is 1440. The highest BCUT2D eigenvalue weighted by atomic mass is 32.1. The van der Waals surface area contributed by atoms with Crippen molar-refractivity contribution in [3.8, 4) is 20.9 Å². The molecule has 34 heavy (non-hydrogen) atoms. The van der Waals surface area contributed by atoms with Gasteiger partial charge in [0.15, 0.2) is 0 Å². The number of benzene rings is 2. The van der Waals surface area contributed by atoms with Crippen molar-refractivity contribution in [1.29, 1.82) is 0 Å². The van der Waals surface area contributed by atoms with Crippen LogP contribution in [0.3, 0.4) is 0 Å². The Morgan fingerprint density at radius 3 is 1.38 bits per heavy atom. The highest BCUT2D eigenvalue weighted by molar-refractivity contribution is 7.14. The van der Waals surface area contributed by atoms with Crippen LogP contribution in [-0.2, 0) is 9.59 Å². The van der Waals surface area contributed by atoms with Crippen LogP contribution in [0.1, 0.15) is 22.3 Å². The third kappa shape index (κ3) is 3.02. The third-order valence-corrected chi connectivity index (χ3v) is 8.77. The second-order valence-corrected chi connectivity index (χ2v) is 10.7. The number of carbonyl (C=O) groups excluding carboxylic acids is 2. The van der Waals surface area contributed by atoms with E-state index in [1.165, 1.54) is 20.9 Å². The molecule has 0 spiro atoms. The second-order valence-electron chi connectivity index (χ2n) is 8.92. The lowest BCUT2D eigenvalue weighted by Gasteiger charge is -2.10. The maximum atomic E-state index is 13.5. The molecule has 0 saturated heterocycles. The van der Waals surface area contributed by atoms with Gasteiger partial charge in [-0.2, -0.15) is 0 Å². The highest BCUT2D eigenvalue weighted by Crippen LogP contribution is 2.48. The zero-order valence-corrected chi connectivity index (χ0v) is 20.9. The first-order valence-corrected chi connectivity index (χ1v) is 12.8. The number of hydrogen-bond donors (Lipinski definition) is 0. The zero-order chi connectivity index (χ0) is 23.7. The molecule has 0 radical (unpaired) electrons. The molecule has 0 fully saturated rings. The number of thiophene rings is 2. The number of fused-ring (bicyclic) bond motifs is 2. The van der Waals surface area contributed by atoms with Crippen molar-refractivity contribution in [3.05, 3.63) is 81.5 Å². The molecule has 0 aliphatic carbocycles. The molecule has 6 rings (SSSR count). The monoisotopic (exact) mass is 482 g/mol. The molecule has 0 atom stereocenters. The first kappa shape index (κ1) is 21.1. The summed E-state index contributed by atoms with van der Waals surface area (Å²) in [7, 11) is 3.56. The maximum absolute atomic E-state index is 13.5. The van der Waals surface area contributed by atoms with E-state index in [9.17, 15) is 9.59 Å². The third-order valence-electron chi connectivity index (χ3n) is 6.57. The molecule has 4 aromatic rings. The molecule has 0 N–H and O–H groups in total. The van der Waals surface area contributed by atoms with Crippen molar-refractivity contribution in [2.75, 3.05) is 23.9 Å². The van der Waals surface area contributed by atoms with Crippen molar-refractivity contribution in [3.63, 3.8) is 0 Å². The normalized spacial score (nSPS) is 17.1. The van der Waals surface area contributed by atoms with E-state index in [0.717, 1.165) is 33.6 Å². The number of rotatable bonds is 2. The van der Waals surface area contributed by atoms with Crippen molar-refractivity contribution >= 4 is 57.0 Å². The van der Waals surface area contributed by atoms with Gasteiger partial charge in [0.1, 0.15) is 0 Å². The van der Waals surface area contributed by atoms with Crippen molar-refractivity contribution in [1.82, 2.24) is 0 Å². The standard InChI is InChI=1S/C28H22N2O2S2/c1-15-9-23(33-13-15)17-5-7-19-21(11-17)29(3)27(31)25(19)26-20-8-6-18(24-10-16(2)14-34-24)12-22(20)30(4)28(26)32/h5-14H,1-4H3/b26-25+. The van der Waals surface area contributed by atoms with Crippen molar-refractivity contribution in [2.24, 2.45) is 0 Å². The summed E-state index contributed by atoms with van der Waals surface area (Å²) >= 11 is 3.39. The number of anilines is 2. The van der Waals surface area contributed by atoms with Gasteiger partial charge < -0.3 is 9.80 Å². The maximum Gasteiger partial charge on any atom is 0.259 e. The van der Waals surface area contributed by atoms with Gasteiger partial charge in [0.25, 0.3) is 11.8 Å². The van der Waals surface area contributed by atoms with Crippen LogP contribution in [0.25, 0.3) is 32.0 Å². The Morgan fingerprint density at radius 1 is 0.618 bits per heavy atom. The summed E-state index contributed by atoms with van der Waals surface area (Å²) in [4.78, 5) is 32.6. The number of nitrogens with zero attached hydrogens (tertiary/aromatic N) is 2. The minimum absolute atomic E-state index is 0.142.